The second-order valence-electron chi connectivity index (χ2n) is 5.73. The molecule has 1 N–H and O–H groups in total. The Bertz CT molecular complexity index is 396. The molecule has 0 aromatic carbocycles. The molecule has 4 nitrogen and oxygen atoms in total. The average Bonchev–Trinajstić information content (AvgIpc) is 2.93. The third kappa shape index (κ3) is 2.59. The maximum absolute atomic E-state index is 4.35. The van der Waals surface area contributed by atoms with Crippen LogP contribution < -0.4 is 5.32 Å². The first kappa shape index (κ1) is 12.2. The summed E-state index contributed by atoms with van der Waals surface area (Å²) in [4.78, 5) is 2.65. The lowest BCUT2D eigenvalue weighted by Gasteiger charge is -2.19. The molecule has 2 fully saturated rings. The van der Waals surface area contributed by atoms with Gasteiger partial charge in [-0.2, -0.15) is 5.10 Å². The van der Waals surface area contributed by atoms with E-state index >= 15 is 0 Å². The van der Waals surface area contributed by atoms with E-state index in [1.807, 2.05) is 10.9 Å². The summed E-state index contributed by atoms with van der Waals surface area (Å²) in [6.07, 6.45) is 8.29. The van der Waals surface area contributed by atoms with Gasteiger partial charge in [0.05, 0.1) is 6.20 Å². The number of hydrogen-bond donors (Lipinski definition) is 1. The Morgan fingerprint density at radius 1 is 1.44 bits per heavy atom. The monoisotopic (exact) mass is 248 g/mol. The highest BCUT2D eigenvalue weighted by atomic mass is 15.3. The number of aryl methyl sites for hydroxylation is 1. The van der Waals surface area contributed by atoms with Crippen LogP contribution in [0.3, 0.4) is 0 Å². The fraction of sp³-hybridized carbons (Fsp3) is 0.786. The van der Waals surface area contributed by atoms with Crippen LogP contribution in [-0.4, -0.2) is 39.9 Å². The fourth-order valence-electron chi connectivity index (χ4n) is 2.92. The molecule has 1 aromatic rings. The van der Waals surface area contributed by atoms with Crippen molar-refractivity contribution in [3.63, 3.8) is 0 Å². The SMILES string of the molecule is CCn1cc(C(C)NC2CCN(C3CC3)C2)cn1. The summed E-state index contributed by atoms with van der Waals surface area (Å²) >= 11 is 0. The standard InChI is InChI=1S/C14H24N4/c1-3-18-9-12(8-15-18)11(2)16-13-6-7-17(10-13)14-4-5-14/h8-9,11,13-14,16H,3-7,10H2,1-2H3. The molecule has 0 radical (unpaired) electrons. The topological polar surface area (TPSA) is 33.1 Å². The van der Waals surface area contributed by atoms with Gasteiger partial charge in [-0.1, -0.05) is 0 Å². The highest BCUT2D eigenvalue weighted by molar-refractivity contribution is 5.10. The molecular weight excluding hydrogens is 224 g/mol. The lowest BCUT2D eigenvalue weighted by molar-refractivity contribution is 0.313. The minimum atomic E-state index is 0.412. The predicted octanol–water partition coefficient (Wildman–Crippen LogP) is 1.79. The Morgan fingerprint density at radius 3 is 2.94 bits per heavy atom. The normalized spacial score (nSPS) is 26.7. The van der Waals surface area contributed by atoms with Gasteiger partial charge in [0.2, 0.25) is 0 Å². The number of nitrogens with zero attached hydrogens (tertiary/aromatic N) is 3. The van der Waals surface area contributed by atoms with Crippen molar-refractivity contribution in [2.45, 2.75) is 57.8 Å². The molecule has 2 atom stereocenters. The second kappa shape index (κ2) is 5.02. The molecule has 0 amide bonds. The van der Waals surface area contributed by atoms with Crippen LogP contribution >= 0.6 is 0 Å². The van der Waals surface area contributed by atoms with Gasteiger partial charge in [0, 0.05) is 49.5 Å². The van der Waals surface area contributed by atoms with E-state index in [0.29, 0.717) is 12.1 Å². The van der Waals surface area contributed by atoms with Gasteiger partial charge in [-0.3, -0.25) is 9.58 Å². The molecule has 2 heterocycles. The van der Waals surface area contributed by atoms with Crippen molar-refractivity contribution < 1.29 is 0 Å². The summed E-state index contributed by atoms with van der Waals surface area (Å²) in [7, 11) is 0. The van der Waals surface area contributed by atoms with E-state index in [0.717, 1.165) is 12.6 Å². The van der Waals surface area contributed by atoms with Crippen LogP contribution in [0.4, 0.5) is 0 Å². The van der Waals surface area contributed by atoms with E-state index < -0.39 is 0 Å². The Hall–Kier alpha value is -0.870. The van der Waals surface area contributed by atoms with Crippen LogP contribution in [0.15, 0.2) is 12.4 Å². The molecule has 1 saturated carbocycles. The van der Waals surface area contributed by atoms with Crippen molar-refractivity contribution in [1.82, 2.24) is 20.0 Å². The summed E-state index contributed by atoms with van der Waals surface area (Å²) in [6.45, 7) is 7.84. The van der Waals surface area contributed by atoms with Crippen molar-refractivity contribution in [2.75, 3.05) is 13.1 Å². The molecule has 1 aromatic heterocycles. The summed E-state index contributed by atoms with van der Waals surface area (Å²) in [5, 5.41) is 8.10. The molecule has 0 bridgehead atoms. The zero-order valence-corrected chi connectivity index (χ0v) is 11.5. The van der Waals surface area contributed by atoms with Crippen LogP contribution in [0.25, 0.3) is 0 Å². The summed E-state index contributed by atoms with van der Waals surface area (Å²) in [5.74, 6) is 0. The predicted molar refractivity (Wildman–Crippen MR) is 72.5 cm³/mol. The van der Waals surface area contributed by atoms with Gasteiger partial charge >= 0.3 is 0 Å². The summed E-state index contributed by atoms with van der Waals surface area (Å²) < 4.78 is 2.00. The zero-order chi connectivity index (χ0) is 12.5. The maximum atomic E-state index is 4.35. The van der Waals surface area contributed by atoms with E-state index in [1.54, 1.807) is 0 Å². The Morgan fingerprint density at radius 2 is 2.28 bits per heavy atom. The smallest absolute Gasteiger partial charge is 0.0537 e. The van der Waals surface area contributed by atoms with Crippen molar-refractivity contribution in [2.24, 2.45) is 0 Å². The first-order chi connectivity index (χ1) is 8.76. The third-order valence-electron chi connectivity index (χ3n) is 4.25. The third-order valence-corrected chi connectivity index (χ3v) is 4.25. The van der Waals surface area contributed by atoms with Crippen LogP contribution in [0, 0.1) is 0 Å². The van der Waals surface area contributed by atoms with Crippen LogP contribution in [0.2, 0.25) is 0 Å². The molecule has 1 aliphatic heterocycles. The number of aromatic nitrogens is 2. The summed E-state index contributed by atoms with van der Waals surface area (Å²) in [5.41, 5.74) is 1.31. The van der Waals surface area contributed by atoms with Gasteiger partial charge in [0.1, 0.15) is 0 Å². The van der Waals surface area contributed by atoms with Gasteiger partial charge in [0.15, 0.2) is 0 Å². The van der Waals surface area contributed by atoms with Crippen LogP contribution in [0.5, 0.6) is 0 Å². The van der Waals surface area contributed by atoms with Gasteiger partial charge in [-0.15, -0.1) is 0 Å². The average molecular weight is 248 g/mol. The van der Waals surface area contributed by atoms with E-state index in [9.17, 15) is 0 Å². The quantitative estimate of drug-likeness (QED) is 0.862. The molecule has 18 heavy (non-hydrogen) atoms. The number of nitrogens with one attached hydrogen (secondary N) is 1. The Kier molecular flexibility index (Phi) is 3.39. The molecule has 0 spiro atoms. The lowest BCUT2D eigenvalue weighted by atomic mass is 10.1. The first-order valence-electron chi connectivity index (χ1n) is 7.28. The Balaban J connectivity index is 1.52. The number of likely N-dealkylation sites (tertiary alicyclic amines) is 1. The van der Waals surface area contributed by atoms with Gasteiger partial charge in [0.25, 0.3) is 0 Å². The van der Waals surface area contributed by atoms with Gasteiger partial charge in [-0.25, -0.2) is 0 Å². The number of hydrogen-bond acceptors (Lipinski definition) is 3. The minimum absolute atomic E-state index is 0.412. The van der Waals surface area contributed by atoms with Crippen molar-refractivity contribution in [1.29, 1.82) is 0 Å². The van der Waals surface area contributed by atoms with Crippen molar-refractivity contribution in [3.05, 3.63) is 18.0 Å². The minimum Gasteiger partial charge on any atom is -0.306 e. The molecule has 1 saturated heterocycles. The molecule has 4 heteroatoms. The molecule has 2 aliphatic rings. The second-order valence-corrected chi connectivity index (χ2v) is 5.73. The highest BCUT2D eigenvalue weighted by Crippen LogP contribution is 2.30. The van der Waals surface area contributed by atoms with E-state index in [4.69, 9.17) is 0 Å². The lowest BCUT2D eigenvalue weighted by Crippen LogP contribution is -2.34. The highest BCUT2D eigenvalue weighted by Gasteiger charge is 2.34. The maximum Gasteiger partial charge on any atom is 0.0537 e. The zero-order valence-electron chi connectivity index (χ0n) is 11.5. The molecular formula is C14H24N4. The summed E-state index contributed by atoms with van der Waals surface area (Å²) in [6, 6.07) is 1.98. The molecule has 1 aliphatic carbocycles. The molecule has 3 rings (SSSR count). The molecule has 100 valence electrons. The van der Waals surface area contributed by atoms with Gasteiger partial charge < -0.3 is 5.32 Å². The van der Waals surface area contributed by atoms with Crippen LogP contribution in [0.1, 0.15) is 44.7 Å². The first-order valence-corrected chi connectivity index (χ1v) is 7.28. The Labute approximate surface area is 109 Å². The molecule has 2 unspecified atom stereocenters. The van der Waals surface area contributed by atoms with E-state index in [1.165, 1.54) is 37.9 Å². The van der Waals surface area contributed by atoms with Crippen LogP contribution in [-0.2, 0) is 6.54 Å². The largest absolute Gasteiger partial charge is 0.306 e. The fourth-order valence-corrected chi connectivity index (χ4v) is 2.92. The van der Waals surface area contributed by atoms with Crippen molar-refractivity contribution in [3.8, 4) is 0 Å². The van der Waals surface area contributed by atoms with E-state index in [-0.39, 0.29) is 0 Å². The van der Waals surface area contributed by atoms with E-state index in [2.05, 4.69) is 35.4 Å². The number of rotatable bonds is 5. The van der Waals surface area contributed by atoms with Crippen molar-refractivity contribution >= 4 is 0 Å². The van der Waals surface area contributed by atoms with Gasteiger partial charge in [-0.05, 0) is 33.1 Å².